The number of hydrogen-bond donors (Lipinski definition) is 1. The first-order valence-electron chi connectivity index (χ1n) is 6.02. The van der Waals surface area contributed by atoms with Gasteiger partial charge in [0, 0.05) is 16.5 Å². The predicted molar refractivity (Wildman–Crippen MR) is 73.0 cm³/mol. The Kier molecular flexibility index (Phi) is 2.69. The molecule has 2 rings (SSSR count). The lowest BCUT2D eigenvalue weighted by atomic mass is 9.89. The first-order valence-corrected chi connectivity index (χ1v) is 6.02. The third-order valence-corrected chi connectivity index (χ3v) is 3.35. The highest BCUT2D eigenvalue weighted by molar-refractivity contribution is 5.92. The van der Waals surface area contributed by atoms with Crippen molar-refractivity contribution in [2.45, 2.75) is 40.0 Å². The van der Waals surface area contributed by atoms with Crippen LogP contribution in [0.1, 0.15) is 37.6 Å². The van der Waals surface area contributed by atoms with Crippen LogP contribution in [0.4, 0.5) is 0 Å². The summed E-state index contributed by atoms with van der Waals surface area (Å²) in [7, 11) is 1.73. The standard InChI is InChI=1S/C15H21NO/c1-9-7-8-11(17-6)12-10(2)14(15(3,4)5)16-13(9)12/h7-8,16H,1-6H3. The van der Waals surface area contributed by atoms with Gasteiger partial charge in [-0.05, 0) is 31.0 Å². The van der Waals surface area contributed by atoms with Crippen molar-refractivity contribution in [1.82, 2.24) is 4.98 Å². The molecule has 0 radical (unpaired) electrons. The normalized spacial score (nSPS) is 12.1. The Morgan fingerprint density at radius 1 is 1.12 bits per heavy atom. The van der Waals surface area contributed by atoms with Crippen LogP contribution in [0, 0.1) is 13.8 Å². The number of methoxy groups -OCH3 is 1. The molecule has 0 spiro atoms. The zero-order valence-electron chi connectivity index (χ0n) is 11.6. The van der Waals surface area contributed by atoms with Crippen LogP contribution >= 0.6 is 0 Å². The Morgan fingerprint density at radius 2 is 1.76 bits per heavy atom. The summed E-state index contributed by atoms with van der Waals surface area (Å²) in [6.45, 7) is 11.0. The molecule has 0 saturated carbocycles. The van der Waals surface area contributed by atoms with Gasteiger partial charge in [-0.15, -0.1) is 0 Å². The Balaban J connectivity index is 2.86. The lowest BCUT2D eigenvalue weighted by molar-refractivity contribution is 0.419. The van der Waals surface area contributed by atoms with Crippen molar-refractivity contribution >= 4 is 10.9 Å². The van der Waals surface area contributed by atoms with Crippen molar-refractivity contribution in [3.8, 4) is 5.75 Å². The van der Waals surface area contributed by atoms with Crippen LogP contribution in [0.25, 0.3) is 10.9 Å². The molecule has 92 valence electrons. The molecule has 0 aliphatic heterocycles. The van der Waals surface area contributed by atoms with E-state index < -0.39 is 0 Å². The van der Waals surface area contributed by atoms with Crippen LogP contribution < -0.4 is 4.74 Å². The van der Waals surface area contributed by atoms with E-state index in [1.807, 2.05) is 6.07 Å². The largest absolute Gasteiger partial charge is 0.496 e. The summed E-state index contributed by atoms with van der Waals surface area (Å²) in [6, 6.07) is 4.15. The fraction of sp³-hybridized carbons (Fsp3) is 0.467. The number of aromatic amines is 1. The van der Waals surface area contributed by atoms with E-state index in [2.05, 4.69) is 45.7 Å². The van der Waals surface area contributed by atoms with E-state index in [-0.39, 0.29) is 5.41 Å². The van der Waals surface area contributed by atoms with Gasteiger partial charge < -0.3 is 9.72 Å². The maximum Gasteiger partial charge on any atom is 0.128 e. The molecule has 1 N–H and O–H groups in total. The Morgan fingerprint density at radius 3 is 2.29 bits per heavy atom. The van der Waals surface area contributed by atoms with Crippen LogP contribution in [0.5, 0.6) is 5.75 Å². The summed E-state index contributed by atoms with van der Waals surface area (Å²) in [5.41, 5.74) is 5.18. The molecule has 0 amide bonds. The van der Waals surface area contributed by atoms with E-state index in [4.69, 9.17) is 4.74 Å². The molecule has 1 heterocycles. The summed E-state index contributed by atoms with van der Waals surface area (Å²) < 4.78 is 5.47. The number of H-pyrrole nitrogens is 1. The van der Waals surface area contributed by atoms with Gasteiger partial charge in [0.2, 0.25) is 0 Å². The van der Waals surface area contributed by atoms with E-state index in [0.717, 1.165) is 5.75 Å². The molecule has 0 bridgehead atoms. The van der Waals surface area contributed by atoms with Crippen LogP contribution in [-0.4, -0.2) is 12.1 Å². The highest BCUT2D eigenvalue weighted by atomic mass is 16.5. The number of fused-ring (bicyclic) bond motifs is 1. The van der Waals surface area contributed by atoms with E-state index in [1.54, 1.807) is 7.11 Å². The van der Waals surface area contributed by atoms with Gasteiger partial charge in [0.25, 0.3) is 0 Å². The minimum absolute atomic E-state index is 0.126. The van der Waals surface area contributed by atoms with E-state index in [0.29, 0.717) is 0 Å². The van der Waals surface area contributed by atoms with Crippen molar-refractivity contribution in [2.75, 3.05) is 7.11 Å². The summed E-state index contributed by atoms with van der Waals surface area (Å²) >= 11 is 0. The average molecular weight is 231 g/mol. The van der Waals surface area contributed by atoms with Crippen LogP contribution in [-0.2, 0) is 5.41 Å². The third kappa shape index (κ3) is 1.82. The maximum atomic E-state index is 5.47. The summed E-state index contributed by atoms with van der Waals surface area (Å²) in [4.78, 5) is 3.57. The number of aryl methyl sites for hydroxylation is 2. The zero-order valence-corrected chi connectivity index (χ0v) is 11.6. The summed E-state index contributed by atoms with van der Waals surface area (Å²) in [6.07, 6.45) is 0. The van der Waals surface area contributed by atoms with Gasteiger partial charge in [-0.2, -0.15) is 0 Å². The molecule has 0 aliphatic rings. The molecule has 0 fully saturated rings. The second-order valence-electron chi connectivity index (χ2n) is 5.71. The third-order valence-electron chi connectivity index (χ3n) is 3.35. The molecule has 0 unspecified atom stereocenters. The summed E-state index contributed by atoms with van der Waals surface area (Å²) in [5, 5.41) is 1.22. The first-order chi connectivity index (χ1) is 7.86. The predicted octanol–water partition coefficient (Wildman–Crippen LogP) is 4.09. The molecule has 0 atom stereocenters. The lowest BCUT2D eigenvalue weighted by Gasteiger charge is -2.18. The average Bonchev–Trinajstić information content (AvgIpc) is 2.58. The van der Waals surface area contributed by atoms with Gasteiger partial charge in [0.05, 0.1) is 12.6 Å². The topological polar surface area (TPSA) is 25.0 Å². The molecule has 2 nitrogen and oxygen atoms in total. The molecule has 0 aliphatic carbocycles. The number of nitrogens with one attached hydrogen (secondary N) is 1. The fourth-order valence-electron chi connectivity index (χ4n) is 2.48. The van der Waals surface area contributed by atoms with Gasteiger partial charge in [-0.25, -0.2) is 0 Å². The molecule has 2 aromatic rings. The Hall–Kier alpha value is -1.44. The molecule has 1 aromatic heterocycles. The number of rotatable bonds is 1. The van der Waals surface area contributed by atoms with Gasteiger partial charge in [0.15, 0.2) is 0 Å². The monoisotopic (exact) mass is 231 g/mol. The number of aromatic nitrogens is 1. The second-order valence-corrected chi connectivity index (χ2v) is 5.71. The van der Waals surface area contributed by atoms with Crippen molar-refractivity contribution in [3.63, 3.8) is 0 Å². The van der Waals surface area contributed by atoms with Gasteiger partial charge in [0.1, 0.15) is 5.75 Å². The molecule has 2 heteroatoms. The van der Waals surface area contributed by atoms with E-state index in [9.17, 15) is 0 Å². The first kappa shape index (κ1) is 12.0. The Labute approximate surface area is 103 Å². The van der Waals surface area contributed by atoms with Gasteiger partial charge in [-0.3, -0.25) is 0 Å². The minimum Gasteiger partial charge on any atom is -0.496 e. The minimum atomic E-state index is 0.126. The smallest absolute Gasteiger partial charge is 0.128 e. The molecule has 1 aromatic carbocycles. The highest BCUT2D eigenvalue weighted by Crippen LogP contribution is 2.36. The van der Waals surface area contributed by atoms with Gasteiger partial charge in [-0.1, -0.05) is 26.8 Å². The van der Waals surface area contributed by atoms with Crippen molar-refractivity contribution in [1.29, 1.82) is 0 Å². The quantitative estimate of drug-likeness (QED) is 0.785. The van der Waals surface area contributed by atoms with Crippen LogP contribution in [0.2, 0.25) is 0 Å². The van der Waals surface area contributed by atoms with E-state index >= 15 is 0 Å². The van der Waals surface area contributed by atoms with Crippen molar-refractivity contribution < 1.29 is 4.74 Å². The lowest BCUT2D eigenvalue weighted by Crippen LogP contribution is -2.12. The second kappa shape index (κ2) is 3.80. The molecule has 0 saturated heterocycles. The SMILES string of the molecule is COc1ccc(C)c2[nH]c(C(C)(C)C)c(C)c12. The number of benzene rings is 1. The van der Waals surface area contributed by atoms with Gasteiger partial charge >= 0.3 is 0 Å². The molecular weight excluding hydrogens is 210 g/mol. The molecule has 17 heavy (non-hydrogen) atoms. The number of ether oxygens (including phenoxy) is 1. The van der Waals surface area contributed by atoms with Crippen molar-refractivity contribution in [2.24, 2.45) is 0 Å². The fourth-order valence-corrected chi connectivity index (χ4v) is 2.48. The maximum absolute atomic E-state index is 5.47. The highest BCUT2D eigenvalue weighted by Gasteiger charge is 2.22. The molecular formula is C15H21NO. The van der Waals surface area contributed by atoms with Crippen molar-refractivity contribution in [3.05, 3.63) is 29.0 Å². The van der Waals surface area contributed by atoms with E-state index in [1.165, 1.54) is 27.7 Å². The zero-order chi connectivity index (χ0) is 12.8. The van der Waals surface area contributed by atoms with Crippen LogP contribution in [0.3, 0.4) is 0 Å². The van der Waals surface area contributed by atoms with Crippen LogP contribution in [0.15, 0.2) is 12.1 Å². The number of hydrogen-bond acceptors (Lipinski definition) is 1. The summed E-state index contributed by atoms with van der Waals surface area (Å²) in [5.74, 6) is 0.954. The Bertz CT molecular complexity index is 558.